The number of H-pyrrole nitrogens is 1. The molecule has 0 unspecified atom stereocenters. The third-order valence-electron chi connectivity index (χ3n) is 3.41. The van der Waals surface area contributed by atoms with Crippen LogP contribution in [0.25, 0.3) is 10.9 Å². The highest BCUT2D eigenvalue weighted by molar-refractivity contribution is 9.11. The Morgan fingerprint density at radius 3 is 2.62 bits per heavy atom. The van der Waals surface area contributed by atoms with E-state index in [2.05, 4.69) is 41.9 Å². The van der Waals surface area contributed by atoms with Crippen LogP contribution in [0, 0.1) is 11.3 Å². The Balaban J connectivity index is 2.01. The summed E-state index contributed by atoms with van der Waals surface area (Å²) in [5, 5.41) is 13.0. The van der Waals surface area contributed by atoms with Crippen molar-refractivity contribution >= 4 is 49.0 Å². The smallest absolute Gasteiger partial charge is 0.349 e. The van der Waals surface area contributed by atoms with Crippen LogP contribution in [0.4, 0.5) is 0 Å². The van der Waals surface area contributed by atoms with E-state index in [-0.39, 0.29) is 6.61 Å². The minimum atomic E-state index is -0.628. The average Bonchev–Trinajstić information content (AvgIpc) is 2.61. The topological polar surface area (TPSA) is 100 Å². The standard InChI is InChI=1S/C17H10Br2N4O3/c18-12-7-10(8-13(19)15(12)26-6-5-20)9-21-23-16(24)11-3-1-2-4-14(11)22-17(23)25/h1-4,7-9H,6H2,(H,22,25). The first-order chi connectivity index (χ1) is 12.5. The van der Waals surface area contributed by atoms with Crippen LogP contribution in [0.15, 0.2) is 60.0 Å². The zero-order valence-corrected chi connectivity index (χ0v) is 16.2. The molecule has 1 N–H and O–H groups in total. The number of fused-ring (bicyclic) bond motifs is 1. The zero-order chi connectivity index (χ0) is 18.7. The average molecular weight is 478 g/mol. The highest BCUT2D eigenvalue weighted by Gasteiger charge is 2.09. The maximum absolute atomic E-state index is 12.4. The number of rotatable bonds is 4. The van der Waals surface area contributed by atoms with E-state index < -0.39 is 11.2 Å². The molecule has 0 radical (unpaired) electrons. The van der Waals surface area contributed by atoms with Crippen LogP contribution in [-0.4, -0.2) is 22.5 Å². The van der Waals surface area contributed by atoms with Gasteiger partial charge in [-0.2, -0.15) is 10.4 Å². The third-order valence-corrected chi connectivity index (χ3v) is 4.59. The van der Waals surface area contributed by atoms with Gasteiger partial charge in [0.2, 0.25) is 0 Å². The molecule has 2 aromatic carbocycles. The van der Waals surface area contributed by atoms with E-state index in [4.69, 9.17) is 10.00 Å². The summed E-state index contributed by atoms with van der Waals surface area (Å²) in [6, 6.07) is 12.0. The predicted octanol–water partition coefficient (Wildman–Crippen LogP) is 3.00. The molecule has 7 nitrogen and oxygen atoms in total. The van der Waals surface area contributed by atoms with Crippen LogP contribution in [-0.2, 0) is 0 Å². The molecule has 130 valence electrons. The molecule has 3 aromatic rings. The van der Waals surface area contributed by atoms with Crippen LogP contribution in [0.3, 0.4) is 0 Å². The number of halogens is 2. The molecule has 0 spiro atoms. The molecule has 0 aliphatic rings. The van der Waals surface area contributed by atoms with Crippen molar-refractivity contribution in [2.24, 2.45) is 5.10 Å². The van der Waals surface area contributed by atoms with Crippen LogP contribution in [0.5, 0.6) is 5.75 Å². The highest BCUT2D eigenvalue weighted by atomic mass is 79.9. The SMILES string of the molecule is N#CCOc1c(Br)cc(C=Nn2c(=O)[nH]c3ccccc3c2=O)cc1Br. The Kier molecular flexibility index (Phi) is 5.35. The second-order valence-corrected chi connectivity index (χ2v) is 6.81. The fourth-order valence-corrected chi connectivity index (χ4v) is 3.73. The number of aromatic nitrogens is 2. The van der Waals surface area contributed by atoms with Crippen LogP contribution in [0.2, 0.25) is 0 Å². The Morgan fingerprint density at radius 1 is 1.23 bits per heavy atom. The number of nitriles is 1. The summed E-state index contributed by atoms with van der Waals surface area (Å²) in [4.78, 5) is 27.2. The lowest BCUT2D eigenvalue weighted by Gasteiger charge is -2.08. The third kappa shape index (κ3) is 3.61. The molecule has 0 aliphatic heterocycles. The largest absolute Gasteiger partial charge is 0.476 e. The molecule has 0 bridgehead atoms. The molecule has 0 fully saturated rings. The monoisotopic (exact) mass is 476 g/mol. The van der Waals surface area contributed by atoms with Gasteiger partial charge in [0, 0.05) is 0 Å². The van der Waals surface area contributed by atoms with Gasteiger partial charge in [0.25, 0.3) is 5.56 Å². The lowest BCUT2D eigenvalue weighted by Crippen LogP contribution is -2.32. The van der Waals surface area contributed by atoms with Gasteiger partial charge in [-0.1, -0.05) is 12.1 Å². The molecule has 0 atom stereocenters. The molecule has 0 aliphatic carbocycles. The van der Waals surface area contributed by atoms with E-state index in [1.54, 1.807) is 36.4 Å². The summed E-state index contributed by atoms with van der Waals surface area (Å²) in [7, 11) is 0. The number of para-hydroxylation sites is 1. The molecule has 9 heteroatoms. The molecule has 1 aromatic heterocycles. The predicted molar refractivity (Wildman–Crippen MR) is 105 cm³/mol. The van der Waals surface area contributed by atoms with Crippen molar-refractivity contribution in [3.8, 4) is 11.8 Å². The van der Waals surface area contributed by atoms with Gasteiger partial charge in [-0.25, -0.2) is 4.79 Å². The lowest BCUT2D eigenvalue weighted by atomic mass is 10.2. The van der Waals surface area contributed by atoms with Gasteiger partial charge >= 0.3 is 5.69 Å². The first-order valence-electron chi connectivity index (χ1n) is 7.28. The van der Waals surface area contributed by atoms with E-state index >= 15 is 0 Å². The number of nitrogens with zero attached hydrogens (tertiary/aromatic N) is 3. The summed E-state index contributed by atoms with van der Waals surface area (Å²) in [5.74, 6) is 0.476. The van der Waals surface area contributed by atoms with Crippen molar-refractivity contribution in [1.29, 1.82) is 5.26 Å². The summed E-state index contributed by atoms with van der Waals surface area (Å²) < 4.78 is 7.28. The maximum atomic E-state index is 12.4. The number of nitrogens with one attached hydrogen (secondary N) is 1. The molecule has 0 saturated carbocycles. The Morgan fingerprint density at radius 2 is 1.92 bits per heavy atom. The number of ether oxygens (including phenoxy) is 1. The molecular weight excluding hydrogens is 468 g/mol. The molecule has 1 heterocycles. The molecular formula is C17H10Br2N4O3. The first-order valence-corrected chi connectivity index (χ1v) is 8.87. The summed E-state index contributed by atoms with van der Waals surface area (Å²) in [6.45, 7) is -0.0908. The van der Waals surface area contributed by atoms with Crippen LogP contribution in [0.1, 0.15) is 5.56 Å². The molecule has 26 heavy (non-hydrogen) atoms. The lowest BCUT2D eigenvalue weighted by molar-refractivity contribution is 0.363. The fourth-order valence-electron chi connectivity index (χ4n) is 2.28. The van der Waals surface area contributed by atoms with Gasteiger partial charge in [0.05, 0.1) is 26.1 Å². The van der Waals surface area contributed by atoms with Crippen molar-refractivity contribution in [3.05, 3.63) is 71.7 Å². The van der Waals surface area contributed by atoms with E-state index in [1.807, 2.05) is 6.07 Å². The zero-order valence-electron chi connectivity index (χ0n) is 13.1. The van der Waals surface area contributed by atoms with Gasteiger partial charge in [-0.15, -0.1) is 4.68 Å². The minimum Gasteiger partial charge on any atom is -0.476 e. The second-order valence-electron chi connectivity index (χ2n) is 5.10. The van der Waals surface area contributed by atoms with Crippen molar-refractivity contribution in [1.82, 2.24) is 9.66 Å². The molecule has 0 saturated heterocycles. The van der Waals surface area contributed by atoms with Crippen LogP contribution >= 0.6 is 31.9 Å². The van der Waals surface area contributed by atoms with Crippen LogP contribution < -0.4 is 16.0 Å². The Labute approximate surface area is 163 Å². The Bertz CT molecular complexity index is 1150. The minimum absolute atomic E-state index is 0.0908. The first kappa shape index (κ1) is 18.1. The van der Waals surface area contributed by atoms with Crippen molar-refractivity contribution < 1.29 is 4.74 Å². The number of hydrogen-bond donors (Lipinski definition) is 1. The van der Waals surface area contributed by atoms with Crippen molar-refractivity contribution in [2.75, 3.05) is 6.61 Å². The fraction of sp³-hybridized carbons (Fsp3) is 0.0588. The molecule has 3 rings (SSSR count). The van der Waals surface area contributed by atoms with Gasteiger partial charge in [-0.05, 0) is 61.7 Å². The van der Waals surface area contributed by atoms with Gasteiger partial charge < -0.3 is 9.72 Å². The summed E-state index contributed by atoms with van der Waals surface area (Å²) >= 11 is 6.71. The maximum Gasteiger partial charge on any atom is 0.349 e. The van der Waals surface area contributed by atoms with Gasteiger partial charge in [0.1, 0.15) is 11.8 Å². The van der Waals surface area contributed by atoms with E-state index in [0.29, 0.717) is 31.2 Å². The number of hydrogen-bond acceptors (Lipinski definition) is 5. The van der Waals surface area contributed by atoms with Gasteiger partial charge in [-0.3, -0.25) is 4.79 Å². The quantitative estimate of drug-likeness (QED) is 0.583. The van der Waals surface area contributed by atoms with Crippen molar-refractivity contribution in [2.45, 2.75) is 0 Å². The summed E-state index contributed by atoms with van der Waals surface area (Å²) in [5.41, 5.74) is -0.0595. The van der Waals surface area contributed by atoms with Crippen molar-refractivity contribution in [3.63, 3.8) is 0 Å². The normalized spacial score (nSPS) is 11.0. The molecule has 0 amide bonds. The highest BCUT2D eigenvalue weighted by Crippen LogP contribution is 2.34. The van der Waals surface area contributed by atoms with E-state index in [0.717, 1.165) is 4.68 Å². The van der Waals surface area contributed by atoms with E-state index in [9.17, 15) is 9.59 Å². The summed E-state index contributed by atoms with van der Waals surface area (Å²) in [6.07, 6.45) is 1.38. The van der Waals surface area contributed by atoms with E-state index in [1.165, 1.54) is 6.21 Å². The van der Waals surface area contributed by atoms with Gasteiger partial charge in [0.15, 0.2) is 6.61 Å². The number of aromatic amines is 1. The second kappa shape index (κ2) is 7.68. The Hall–Kier alpha value is -2.70. The number of benzene rings is 2.